The van der Waals surface area contributed by atoms with E-state index in [4.69, 9.17) is 5.73 Å². The van der Waals surface area contributed by atoms with Gasteiger partial charge >= 0.3 is 5.82 Å². The van der Waals surface area contributed by atoms with E-state index in [1.165, 1.54) is 6.20 Å². The lowest BCUT2D eigenvalue weighted by molar-refractivity contribution is -0.388. The molecule has 2 aliphatic rings. The molecule has 2 saturated heterocycles. The molecule has 0 unspecified atom stereocenters. The lowest BCUT2D eigenvalue weighted by atomic mass is 10.1. The minimum absolute atomic E-state index is 0.153. The fraction of sp³-hybridized carbons (Fsp3) is 0.500. The molecule has 0 aromatic carbocycles. The highest BCUT2D eigenvalue weighted by molar-refractivity contribution is 5.63. The maximum atomic E-state index is 13.0. The number of rotatable bonds is 3. The third-order valence-electron chi connectivity index (χ3n) is 5.29. The Morgan fingerprint density at radius 2 is 1.37 bits per heavy atom. The summed E-state index contributed by atoms with van der Waals surface area (Å²) in [5.41, 5.74) is 7.16. The summed E-state index contributed by atoms with van der Waals surface area (Å²) in [5.74, 6) is 0.379. The smallest absolute Gasteiger partial charge is 0.382 e. The quantitative estimate of drug-likeness (QED) is 0.599. The van der Waals surface area contributed by atoms with Crippen LogP contribution in [0.25, 0.3) is 0 Å². The van der Waals surface area contributed by atoms with Crippen molar-refractivity contribution in [2.24, 2.45) is 0 Å². The third-order valence-corrected chi connectivity index (χ3v) is 5.29. The molecule has 0 aliphatic carbocycles. The van der Waals surface area contributed by atoms with E-state index in [1.807, 2.05) is 17.0 Å². The van der Waals surface area contributed by atoms with Crippen molar-refractivity contribution in [3.63, 3.8) is 0 Å². The number of nitrogens with zero attached hydrogens (tertiary/aromatic N) is 5. The molecular weight excluding hydrogens is 394 g/mol. The van der Waals surface area contributed by atoms with Crippen LogP contribution in [-0.4, -0.2) is 53.4 Å². The lowest BCUT2D eigenvalue weighted by Crippen LogP contribution is -2.34. The van der Waals surface area contributed by atoms with Crippen LogP contribution in [0, 0.1) is 10.1 Å². The fourth-order valence-corrected chi connectivity index (χ4v) is 3.63. The normalized spacial score (nSPS) is 17.9. The topological polar surface area (TPSA) is 101 Å². The van der Waals surface area contributed by atoms with Gasteiger partial charge in [0.15, 0.2) is 0 Å². The first-order chi connectivity index (χ1) is 14.5. The van der Waals surface area contributed by atoms with Crippen molar-refractivity contribution in [1.82, 2.24) is 9.97 Å². The largest absolute Gasteiger partial charge is 0.387 e. The van der Waals surface area contributed by atoms with Crippen LogP contribution in [0.3, 0.4) is 0 Å². The molecular formula is C20H26F2N6O2. The zero-order chi connectivity index (χ0) is 21.5. The second-order valence-corrected chi connectivity index (χ2v) is 7.33. The van der Waals surface area contributed by atoms with Crippen LogP contribution >= 0.6 is 0 Å². The van der Waals surface area contributed by atoms with Crippen LogP contribution in [0.2, 0.25) is 0 Å². The molecule has 162 valence electrons. The van der Waals surface area contributed by atoms with Gasteiger partial charge in [0, 0.05) is 32.4 Å². The highest BCUT2D eigenvalue weighted by Gasteiger charge is 2.25. The molecule has 0 bridgehead atoms. The second-order valence-electron chi connectivity index (χ2n) is 7.33. The highest BCUT2D eigenvalue weighted by Crippen LogP contribution is 2.28. The summed E-state index contributed by atoms with van der Waals surface area (Å²) in [4.78, 5) is 21.9. The molecule has 0 saturated carbocycles. The molecule has 2 aliphatic heterocycles. The zero-order valence-corrected chi connectivity index (χ0v) is 16.7. The van der Waals surface area contributed by atoms with E-state index in [9.17, 15) is 18.9 Å². The molecule has 10 heteroatoms. The molecule has 4 rings (SSSR count). The van der Waals surface area contributed by atoms with Gasteiger partial charge in [0.2, 0.25) is 0 Å². The first-order valence-corrected chi connectivity index (χ1v) is 10.0. The van der Waals surface area contributed by atoms with Gasteiger partial charge in [-0.3, -0.25) is 0 Å². The number of anilines is 3. The maximum Gasteiger partial charge on any atom is 0.387 e. The van der Waals surface area contributed by atoms with Gasteiger partial charge in [-0.15, -0.1) is 0 Å². The molecule has 0 atom stereocenters. The maximum absolute atomic E-state index is 13.0. The van der Waals surface area contributed by atoms with Crippen molar-refractivity contribution in [1.29, 1.82) is 0 Å². The zero-order valence-electron chi connectivity index (χ0n) is 16.7. The van der Waals surface area contributed by atoms with Crippen molar-refractivity contribution < 1.29 is 13.7 Å². The third kappa shape index (κ3) is 5.52. The van der Waals surface area contributed by atoms with E-state index in [2.05, 4.69) is 14.9 Å². The number of pyridine rings is 2. The Morgan fingerprint density at radius 3 is 1.87 bits per heavy atom. The SMILES string of the molecule is Nc1ncccc1N1CCC(F)CC1.O=[N+]([O-])c1ncccc1N1CCC(F)CC1. The van der Waals surface area contributed by atoms with Crippen molar-refractivity contribution in [2.45, 2.75) is 38.0 Å². The van der Waals surface area contributed by atoms with Crippen LogP contribution in [0.15, 0.2) is 36.7 Å². The molecule has 2 N–H and O–H groups in total. The van der Waals surface area contributed by atoms with E-state index in [1.54, 1.807) is 18.3 Å². The number of aromatic nitrogens is 2. The average Bonchev–Trinajstić information content (AvgIpc) is 2.76. The van der Waals surface area contributed by atoms with Crippen molar-refractivity contribution in [3.8, 4) is 0 Å². The van der Waals surface area contributed by atoms with Gasteiger partial charge in [0.1, 0.15) is 30.0 Å². The summed E-state index contributed by atoms with van der Waals surface area (Å²) < 4.78 is 25.9. The Labute approximate surface area is 173 Å². The molecule has 0 amide bonds. The summed E-state index contributed by atoms with van der Waals surface area (Å²) in [6.45, 7) is 2.48. The van der Waals surface area contributed by atoms with Crippen LogP contribution in [0.5, 0.6) is 0 Å². The predicted octanol–water partition coefficient (Wildman–Crippen LogP) is 3.53. The molecule has 0 radical (unpaired) electrons. The summed E-state index contributed by atoms with van der Waals surface area (Å²) in [6.07, 6.45) is 3.65. The standard InChI is InChI=1S/C10H12FN3O2.C10H14FN3/c11-8-3-6-13(7-4-8)9-2-1-5-12-10(9)14(15)16;11-8-3-6-14(7-4-8)9-2-1-5-13-10(9)12/h1-2,5,8H,3-4,6-7H2;1-2,5,8H,3-4,6-7H2,(H2,12,13). The van der Waals surface area contributed by atoms with Crippen LogP contribution < -0.4 is 15.5 Å². The molecule has 2 aromatic heterocycles. The number of hydrogen-bond acceptors (Lipinski definition) is 7. The van der Waals surface area contributed by atoms with Gasteiger partial charge in [-0.05, 0) is 59.9 Å². The van der Waals surface area contributed by atoms with Gasteiger partial charge in [0.25, 0.3) is 0 Å². The van der Waals surface area contributed by atoms with Gasteiger partial charge in [-0.2, -0.15) is 0 Å². The minimum Gasteiger partial charge on any atom is -0.382 e. The van der Waals surface area contributed by atoms with Crippen LogP contribution in [-0.2, 0) is 0 Å². The second kappa shape index (κ2) is 10.1. The molecule has 8 nitrogen and oxygen atoms in total. The molecule has 2 fully saturated rings. The first kappa shape index (κ1) is 21.7. The number of piperidine rings is 2. The first-order valence-electron chi connectivity index (χ1n) is 10.0. The molecule has 2 aromatic rings. The average molecular weight is 420 g/mol. The lowest BCUT2D eigenvalue weighted by Gasteiger charge is -2.30. The summed E-state index contributed by atoms with van der Waals surface area (Å²) >= 11 is 0. The van der Waals surface area contributed by atoms with Crippen LogP contribution in [0.4, 0.5) is 31.8 Å². The van der Waals surface area contributed by atoms with Gasteiger partial charge < -0.3 is 25.6 Å². The number of nitro groups is 1. The number of nitrogen functional groups attached to an aromatic ring is 1. The Morgan fingerprint density at radius 1 is 0.900 bits per heavy atom. The Hall–Kier alpha value is -3.04. The summed E-state index contributed by atoms with van der Waals surface area (Å²) in [6, 6.07) is 7.10. The predicted molar refractivity (Wildman–Crippen MR) is 112 cm³/mol. The molecule has 4 heterocycles. The highest BCUT2D eigenvalue weighted by atomic mass is 19.1. The van der Waals surface area contributed by atoms with E-state index in [-0.39, 0.29) is 5.82 Å². The Bertz CT molecular complexity index is 840. The van der Waals surface area contributed by atoms with Crippen LogP contribution in [0.1, 0.15) is 25.7 Å². The summed E-state index contributed by atoms with van der Waals surface area (Å²) in [5, 5.41) is 10.8. The van der Waals surface area contributed by atoms with E-state index >= 15 is 0 Å². The number of halogens is 2. The number of nitrogens with two attached hydrogens (primary N) is 1. The van der Waals surface area contributed by atoms with Crippen molar-refractivity contribution in [2.75, 3.05) is 41.7 Å². The van der Waals surface area contributed by atoms with Gasteiger partial charge in [-0.25, -0.2) is 13.8 Å². The fourth-order valence-electron chi connectivity index (χ4n) is 3.63. The van der Waals surface area contributed by atoms with Gasteiger partial charge in [-0.1, -0.05) is 0 Å². The van der Waals surface area contributed by atoms with Crippen molar-refractivity contribution >= 4 is 23.0 Å². The molecule has 0 spiro atoms. The monoisotopic (exact) mass is 420 g/mol. The van der Waals surface area contributed by atoms with E-state index < -0.39 is 17.3 Å². The summed E-state index contributed by atoms with van der Waals surface area (Å²) in [7, 11) is 0. The Balaban J connectivity index is 0.000000172. The molecule has 30 heavy (non-hydrogen) atoms. The Kier molecular flexibility index (Phi) is 7.31. The van der Waals surface area contributed by atoms with E-state index in [0.29, 0.717) is 50.3 Å². The number of hydrogen-bond donors (Lipinski definition) is 1. The number of alkyl halides is 2. The van der Waals surface area contributed by atoms with Gasteiger partial charge in [0.05, 0.1) is 5.69 Å². The van der Waals surface area contributed by atoms with E-state index in [0.717, 1.165) is 18.8 Å². The minimum atomic E-state index is -0.785. The van der Waals surface area contributed by atoms with Crippen molar-refractivity contribution in [3.05, 3.63) is 46.8 Å².